The number of benzene rings is 3. The van der Waals surface area contributed by atoms with Crippen LogP contribution >= 0.6 is 0 Å². The van der Waals surface area contributed by atoms with Crippen LogP contribution in [0.5, 0.6) is 0 Å². The van der Waals surface area contributed by atoms with Gasteiger partial charge in [-0.05, 0) is 35.0 Å². The van der Waals surface area contributed by atoms with Crippen LogP contribution in [-0.2, 0) is 0 Å². The van der Waals surface area contributed by atoms with Gasteiger partial charge in [0.15, 0.2) is 0 Å². The quantitative estimate of drug-likeness (QED) is 0.519. The second kappa shape index (κ2) is 6.25. The Balaban J connectivity index is 1.85. The van der Waals surface area contributed by atoms with Crippen LogP contribution in [0.3, 0.4) is 0 Å². The SMILES string of the molecule is O=C1N[N+](=c2c3ccccc3ccc3ccccc23)CN1c1ccccc1. The summed E-state index contributed by atoms with van der Waals surface area (Å²) in [4.78, 5) is 14.4. The van der Waals surface area contributed by atoms with Crippen molar-refractivity contribution >= 4 is 33.3 Å². The third-order valence-corrected chi connectivity index (χ3v) is 4.97. The summed E-state index contributed by atoms with van der Waals surface area (Å²) in [6, 6.07) is 30.4. The van der Waals surface area contributed by atoms with Crippen molar-refractivity contribution in [2.45, 2.75) is 0 Å². The number of nitrogens with zero attached hydrogens (tertiary/aromatic N) is 2. The van der Waals surface area contributed by atoms with Crippen LogP contribution in [0.4, 0.5) is 10.5 Å². The summed E-state index contributed by atoms with van der Waals surface area (Å²) < 4.78 is 1.94. The first-order valence-electron chi connectivity index (χ1n) is 8.96. The van der Waals surface area contributed by atoms with Gasteiger partial charge in [-0.15, -0.1) is 5.43 Å². The zero-order valence-electron chi connectivity index (χ0n) is 14.7. The van der Waals surface area contributed by atoms with E-state index in [2.05, 4.69) is 41.8 Å². The minimum Gasteiger partial charge on any atom is -0.242 e. The van der Waals surface area contributed by atoms with E-state index in [1.54, 1.807) is 4.90 Å². The number of urea groups is 1. The zero-order chi connectivity index (χ0) is 18.2. The predicted octanol–water partition coefficient (Wildman–Crippen LogP) is 3.87. The molecule has 1 heterocycles. The molecule has 2 amide bonds. The Bertz CT molecular complexity index is 1190. The van der Waals surface area contributed by atoms with Gasteiger partial charge >= 0.3 is 6.03 Å². The normalized spacial score (nSPS) is 14.0. The van der Waals surface area contributed by atoms with Crippen LogP contribution in [0.2, 0.25) is 0 Å². The van der Waals surface area contributed by atoms with E-state index in [0.717, 1.165) is 32.6 Å². The van der Waals surface area contributed by atoms with Gasteiger partial charge in [0.25, 0.3) is 6.67 Å². The number of hydrogen-bond acceptors (Lipinski definition) is 1. The molecule has 1 aliphatic rings. The monoisotopic (exact) mass is 352 g/mol. The van der Waals surface area contributed by atoms with Crippen molar-refractivity contribution < 1.29 is 4.79 Å². The lowest BCUT2D eigenvalue weighted by atomic mass is 10.1. The fraction of sp³-hybridized carbons (Fsp3) is 0.0435. The third kappa shape index (κ3) is 2.62. The van der Waals surface area contributed by atoms with Crippen LogP contribution < -0.4 is 20.4 Å². The molecule has 0 aliphatic carbocycles. The number of carbonyl (C=O) groups is 1. The zero-order valence-corrected chi connectivity index (χ0v) is 14.7. The van der Waals surface area contributed by atoms with E-state index in [1.165, 1.54) is 0 Å². The van der Waals surface area contributed by atoms with E-state index in [9.17, 15) is 4.79 Å². The molecule has 4 heteroatoms. The Hall–Kier alpha value is -3.66. The van der Waals surface area contributed by atoms with Gasteiger partial charge in [0, 0.05) is 0 Å². The second-order valence-electron chi connectivity index (χ2n) is 6.61. The number of fused-ring (bicyclic) bond motifs is 2. The molecule has 0 aromatic heterocycles. The molecule has 27 heavy (non-hydrogen) atoms. The van der Waals surface area contributed by atoms with Gasteiger partial charge in [0.1, 0.15) is 0 Å². The number of hydrogen-bond donors (Lipinski definition) is 1. The van der Waals surface area contributed by atoms with E-state index < -0.39 is 0 Å². The summed E-state index contributed by atoms with van der Waals surface area (Å²) in [6.07, 6.45) is 0. The predicted molar refractivity (Wildman–Crippen MR) is 109 cm³/mol. The van der Waals surface area contributed by atoms with Crippen molar-refractivity contribution in [3.63, 3.8) is 0 Å². The number of amides is 2. The molecule has 4 aromatic carbocycles. The van der Waals surface area contributed by atoms with Gasteiger partial charge in [0.05, 0.1) is 16.5 Å². The van der Waals surface area contributed by atoms with E-state index in [4.69, 9.17) is 0 Å². The number of carbonyl (C=O) groups excluding carboxylic acids is 1. The van der Waals surface area contributed by atoms with E-state index in [0.29, 0.717) is 6.67 Å². The van der Waals surface area contributed by atoms with Crippen molar-refractivity contribution in [3.05, 3.63) is 96.4 Å². The molecule has 4 nitrogen and oxygen atoms in total. The third-order valence-electron chi connectivity index (χ3n) is 4.97. The molecule has 130 valence electrons. The fourth-order valence-corrected chi connectivity index (χ4v) is 3.68. The molecule has 0 spiro atoms. The van der Waals surface area contributed by atoms with Crippen LogP contribution in [0.15, 0.2) is 91.0 Å². The lowest BCUT2D eigenvalue weighted by molar-refractivity contribution is 0.249. The molecule has 4 aromatic rings. The van der Waals surface area contributed by atoms with Crippen LogP contribution in [0.1, 0.15) is 0 Å². The average Bonchev–Trinajstić information content (AvgIpc) is 3.01. The highest BCUT2D eigenvalue weighted by atomic mass is 16.2. The molecular weight excluding hydrogens is 334 g/mol. The Labute approximate surface area is 156 Å². The lowest BCUT2D eigenvalue weighted by Gasteiger charge is -2.08. The highest BCUT2D eigenvalue weighted by molar-refractivity contribution is 5.95. The second-order valence-corrected chi connectivity index (χ2v) is 6.61. The summed E-state index contributed by atoms with van der Waals surface area (Å²) in [5, 5.41) is 5.49. The van der Waals surface area contributed by atoms with Gasteiger partial charge in [-0.25, -0.2) is 9.69 Å². The molecule has 1 N–H and O–H groups in total. The fourth-order valence-electron chi connectivity index (χ4n) is 3.68. The molecule has 0 atom stereocenters. The Morgan fingerprint density at radius 1 is 0.704 bits per heavy atom. The van der Waals surface area contributed by atoms with Crippen LogP contribution in [0, 0.1) is 0 Å². The smallest absolute Gasteiger partial charge is 0.242 e. The first-order chi connectivity index (χ1) is 13.3. The first kappa shape index (κ1) is 15.6. The summed E-state index contributed by atoms with van der Waals surface area (Å²) in [5.74, 6) is 0. The van der Waals surface area contributed by atoms with E-state index >= 15 is 0 Å². The number of para-hydroxylation sites is 1. The molecule has 0 saturated carbocycles. The minimum absolute atomic E-state index is 0.124. The van der Waals surface area contributed by atoms with Crippen molar-refractivity contribution in [1.29, 1.82) is 0 Å². The lowest BCUT2D eigenvalue weighted by Crippen LogP contribution is -2.37. The number of hydrazine groups is 1. The molecule has 0 radical (unpaired) electrons. The van der Waals surface area contributed by atoms with Gasteiger partial charge in [-0.1, -0.05) is 71.4 Å². The van der Waals surface area contributed by atoms with Crippen molar-refractivity contribution in [1.82, 2.24) is 10.1 Å². The molecular formula is C23H18N3O+. The van der Waals surface area contributed by atoms with Gasteiger partial charge < -0.3 is 0 Å². The first-order valence-corrected chi connectivity index (χ1v) is 8.96. The van der Waals surface area contributed by atoms with Gasteiger partial charge in [-0.3, -0.25) is 0 Å². The maximum Gasteiger partial charge on any atom is 0.379 e. The Morgan fingerprint density at radius 2 is 1.26 bits per heavy atom. The van der Waals surface area contributed by atoms with Crippen LogP contribution in [-0.4, -0.2) is 12.7 Å². The minimum atomic E-state index is -0.124. The molecule has 0 bridgehead atoms. The van der Waals surface area contributed by atoms with E-state index in [1.807, 2.05) is 59.3 Å². The summed E-state index contributed by atoms with van der Waals surface area (Å²) in [6.45, 7) is 0.445. The standard InChI is InChI=1S/C23H17N3O/c27-23-24-26(16-25(23)19-10-2-1-3-11-19)22-20-12-6-4-8-17(20)14-15-18-9-5-7-13-21(18)22/h1-15H,16H2/p+1. The largest absolute Gasteiger partial charge is 0.379 e. The van der Waals surface area contributed by atoms with Crippen LogP contribution in [0.25, 0.3) is 21.5 Å². The van der Waals surface area contributed by atoms with Crippen molar-refractivity contribution in [2.75, 3.05) is 11.6 Å². The molecule has 1 fully saturated rings. The maximum absolute atomic E-state index is 12.7. The molecule has 1 aliphatic heterocycles. The highest BCUT2D eigenvalue weighted by Gasteiger charge is 2.32. The van der Waals surface area contributed by atoms with E-state index in [-0.39, 0.29) is 6.03 Å². The topological polar surface area (TPSA) is 35.4 Å². The number of anilines is 1. The van der Waals surface area contributed by atoms with Crippen molar-refractivity contribution in [2.24, 2.45) is 0 Å². The summed E-state index contributed by atoms with van der Waals surface area (Å²) >= 11 is 0. The van der Waals surface area contributed by atoms with Gasteiger partial charge in [0.2, 0.25) is 5.36 Å². The Morgan fingerprint density at radius 3 is 1.89 bits per heavy atom. The summed E-state index contributed by atoms with van der Waals surface area (Å²) in [5.41, 5.74) is 3.92. The number of rotatable bonds is 1. The molecule has 0 unspecified atom stereocenters. The van der Waals surface area contributed by atoms with Gasteiger partial charge in [-0.2, -0.15) is 0 Å². The van der Waals surface area contributed by atoms with Crippen molar-refractivity contribution in [3.8, 4) is 0 Å². The highest BCUT2D eigenvalue weighted by Crippen LogP contribution is 2.17. The molecule has 5 rings (SSSR count). The maximum atomic E-state index is 12.7. The number of nitrogens with one attached hydrogen (secondary N) is 1. The summed E-state index contributed by atoms with van der Waals surface area (Å²) in [7, 11) is 0. The average molecular weight is 352 g/mol. The Kier molecular flexibility index (Phi) is 3.61. The molecule has 1 saturated heterocycles.